The predicted molar refractivity (Wildman–Crippen MR) is 137 cm³/mol. The number of benzene rings is 2. The molecule has 1 aliphatic heterocycles. The van der Waals surface area contributed by atoms with Crippen molar-refractivity contribution in [3.8, 4) is 0 Å². The number of aromatic nitrogens is 2. The van der Waals surface area contributed by atoms with Gasteiger partial charge in [-0.2, -0.15) is 0 Å². The van der Waals surface area contributed by atoms with Crippen LogP contribution in [0.15, 0.2) is 71.2 Å². The number of carbonyl (C=O) groups is 1. The first kappa shape index (κ1) is 23.3. The fraction of sp³-hybridized carbons (Fsp3) is 0.250. The molecule has 1 amide bonds. The summed E-state index contributed by atoms with van der Waals surface area (Å²) >= 11 is 1.22. The molecule has 5 rings (SSSR count). The highest BCUT2D eigenvalue weighted by Gasteiger charge is 2.27. The minimum absolute atomic E-state index is 0. The summed E-state index contributed by atoms with van der Waals surface area (Å²) in [4.78, 5) is 21.3. The molecule has 0 radical (unpaired) electrons. The molecule has 35 heavy (non-hydrogen) atoms. The smallest absolute Gasteiger partial charge is 0.263 e. The second-order valence-electron chi connectivity index (χ2n) is 8.35. The number of rotatable bonds is 6. The molecule has 0 aliphatic carbocycles. The molecule has 3 heterocycles. The summed E-state index contributed by atoms with van der Waals surface area (Å²) < 4.78 is 42.9. The van der Waals surface area contributed by atoms with Gasteiger partial charge in [-0.1, -0.05) is 0 Å². The number of thiazole rings is 1. The van der Waals surface area contributed by atoms with Crippen molar-refractivity contribution in [2.75, 3.05) is 35.8 Å². The van der Waals surface area contributed by atoms with Gasteiger partial charge < -0.3 is 14.4 Å². The molecule has 1 unspecified atom stereocenters. The molecular formula is C24H26FN5O3S2. The Labute approximate surface area is 208 Å². The third kappa shape index (κ3) is 4.73. The van der Waals surface area contributed by atoms with E-state index < -0.39 is 16.1 Å². The highest BCUT2D eigenvalue weighted by Crippen LogP contribution is 2.25. The zero-order valence-corrected chi connectivity index (χ0v) is 20.6. The number of piperazine rings is 1. The van der Waals surface area contributed by atoms with Crippen LogP contribution in [-0.2, 0) is 14.8 Å². The summed E-state index contributed by atoms with van der Waals surface area (Å²) in [6, 6.07) is 12.7. The molecule has 1 N–H and O–H groups in total. The lowest BCUT2D eigenvalue weighted by Gasteiger charge is -2.37. The number of halogens is 1. The van der Waals surface area contributed by atoms with Gasteiger partial charge in [-0.3, -0.25) is 9.52 Å². The fourth-order valence-corrected chi connectivity index (χ4v) is 6.11. The van der Waals surface area contributed by atoms with Crippen LogP contribution in [0, 0.1) is 5.82 Å². The predicted octanol–water partition coefficient (Wildman–Crippen LogP) is 4.19. The minimum atomic E-state index is -3.70. The summed E-state index contributed by atoms with van der Waals surface area (Å²) in [6.07, 6.45) is 3.36. The Morgan fingerprint density at radius 3 is 2.54 bits per heavy atom. The Bertz CT molecular complexity index is 1450. The molecule has 184 valence electrons. The number of sulfonamides is 1. The van der Waals surface area contributed by atoms with Crippen LogP contribution >= 0.6 is 11.3 Å². The van der Waals surface area contributed by atoms with Gasteiger partial charge in [-0.25, -0.2) is 17.8 Å². The number of nitrogens with one attached hydrogen (secondary N) is 1. The molecule has 11 heteroatoms. The van der Waals surface area contributed by atoms with E-state index in [0.717, 1.165) is 16.6 Å². The zero-order chi connectivity index (χ0) is 24.6. The first-order valence-corrected chi connectivity index (χ1v) is 13.5. The molecule has 1 atom stereocenters. The second kappa shape index (κ2) is 9.31. The van der Waals surface area contributed by atoms with Crippen LogP contribution in [0.5, 0.6) is 0 Å². The van der Waals surface area contributed by atoms with Gasteiger partial charge in [0.05, 0.1) is 4.90 Å². The van der Waals surface area contributed by atoms with Crippen LogP contribution < -0.4 is 9.62 Å². The Hall–Kier alpha value is -3.44. The molecule has 2 aromatic carbocycles. The largest absolute Gasteiger partial charge is 0.368 e. The summed E-state index contributed by atoms with van der Waals surface area (Å²) in [6.45, 7) is 4.25. The number of carbonyl (C=O) groups excluding carboxylic acids is 1. The topological polar surface area (TPSA) is 87.5 Å². The van der Waals surface area contributed by atoms with Gasteiger partial charge >= 0.3 is 0 Å². The normalized spacial score (nSPS) is 15.4. The maximum atomic E-state index is 13.5. The minimum Gasteiger partial charge on any atom is -0.368 e. The first-order chi connectivity index (χ1) is 16.8. The number of amides is 1. The lowest BCUT2D eigenvalue weighted by atomic mass is 10.2. The standard InChI is InChI=1S/C24H24FN5O3S2.H2/c1-17(30-10-8-18-16-19(25)2-7-22(18)30)23(31)29-13-11-28(12-14-29)20-3-5-21(6-4-20)35(32,33)27-24-26-9-15-34-24;/h2-10,15-17H,11-14H2,1H3,(H,26,27);1H. The zero-order valence-electron chi connectivity index (χ0n) is 19.0. The quantitative estimate of drug-likeness (QED) is 0.416. The van der Waals surface area contributed by atoms with Crippen molar-refractivity contribution in [1.29, 1.82) is 0 Å². The van der Waals surface area contributed by atoms with Crippen LogP contribution in [0.4, 0.5) is 15.2 Å². The average Bonchev–Trinajstić information content (AvgIpc) is 3.52. The summed E-state index contributed by atoms with van der Waals surface area (Å²) in [5.74, 6) is -0.284. The fourth-order valence-electron chi connectivity index (χ4n) is 4.32. The molecule has 1 saturated heterocycles. The number of nitrogens with zero attached hydrogens (tertiary/aromatic N) is 4. The number of hydrogen-bond acceptors (Lipinski definition) is 6. The summed E-state index contributed by atoms with van der Waals surface area (Å²) in [7, 11) is -3.70. The van der Waals surface area contributed by atoms with Gasteiger partial charge in [-0.15, -0.1) is 11.3 Å². The third-order valence-corrected chi connectivity index (χ3v) is 8.39. The average molecular weight is 516 g/mol. The van der Waals surface area contributed by atoms with Gasteiger partial charge in [0.1, 0.15) is 11.9 Å². The number of fused-ring (bicyclic) bond motifs is 1. The Morgan fingerprint density at radius 2 is 1.86 bits per heavy atom. The van der Waals surface area contributed by atoms with Crippen molar-refractivity contribution >= 4 is 49.0 Å². The van der Waals surface area contributed by atoms with Gasteiger partial charge in [0.2, 0.25) is 5.91 Å². The van der Waals surface area contributed by atoms with Gasteiger partial charge in [-0.05, 0) is 55.5 Å². The lowest BCUT2D eigenvalue weighted by Crippen LogP contribution is -2.50. The molecule has 0 spiro atoms. The molecule has 4 aromatic rings. The van der Waals surface area contributed by atoms with E-state index in [-0.39, 0.29) is 18.0 Å². The molecule has 0 bridgehead atoms. The molecule has 0 saturated carbocycles. The second-order valence-corrected chi connectivity index (χ2v) is 10.9. The van der Waals surface area contributed by atoms with E-state index in [1.165, 1.54) is 23.5 Å². The third-order valence-electron chi connectivity index (χ3n) is 6.21. The van der Waals surface area contributed by atoms with Crippen molar-refractivity contribution in [1.82, 2.24) is 14.5 Å². The van der Waals surface area contributed by atoms with Gasteiger partial charge in [0.25, 0.3) is 10.0 Å². The number of hydrogen-bond donors (Lipinski definition) is 1. The Kier molecular flexibility index (Phi) is 6.20. The van der Waals surface area contributed by atoms with E-state index in [0.29, 0.717) is 31.3 Å². The van der Waals surface area contributed by atoms with E-state index in [4.69, 9.17) is 0 Å². The van der Waals surface area contributed by atoms with Crippen molar-refractivity contribution in [2.24, 2.45) is 0 Å². The van der Waals surface area contributed by atoms with E-state index in [1.807, 2.05) is 28.7 Å². The van der Waals surface area contributed by atoms with Crippen LogP contribution in [0.1, 0.15) is 14.4 Å². The van der Waals surface area contributed by atoms with E-state index in [1.54, 1.807) is 41.9 Å². The Morgan fingerprint density at radius 1 is 1.11 bits per heavy atom. The van der Waals surface area contributed by atoms with Gasteiger partial charge in [0.15, 0.2) is 5.13 Å². The van der Waals surface area contributed by atoms with Crippen LogP contribution in [-0.4, -0.2) is 55.0 Å². The van der Waals surface area contributed by atoms with E-state index >= 15 is 0 Å². The number of anilines is 2. The van der Waals surface area contributed by atoms with Crippen LogP contribution in [0.25, 0.3) is 10.9 Å². The van der Waals surface area contributed by atoms with E-state index in [9.17, 15) is 17.6 Å². The molecule has 1 aliphatic rings. The summed E-state index contributed by atoms with van der Waals surface area (Å²) in [5.41, 5.74) is 1.72. The Balaban J connectivity index is 0.00000304. The van der Waals surface area contributed by atoms with Crippen molar-refractivity contribution in [3.63, 3.8) is 0 Å². The highest BCUT2D eigenvalue weighted by molar-refractivity contribution is 7.93. The van der Waals surface area contributed by atoms with E-state index in [2.05, 4.69) is 14.6 Å². The van der Waals surface area contributed by atoms with Crippen molar-refractivity contribution < 1.29 is 19.0 Å². The van der Waals surface area contributed by atoms with Crippen LogP contribution in [0.2, 0.25) is 0 Å². The highest BCUT2D eigenvalue weighted by atomic mass is 32.2. The molecule has 2 aromatic heterocycles. The molecule has 1 fully saturated rings. The molecule has 8 nitrogen and oxygen atoms in total. The maximum Gasteiger partial charge on any atom is 0.263 e. The SMILES string of the molecule is CC(C(=O)N1CCN(c2ccc(S(=O)(=O)Nc3nccs3)cc2)CC1)n1ccc2cc(F)ccc21.[HH]. The lowest BCUT2D eigenvalue weighted by molar-refractivity contribution is -0.134. The van der Waals surface area contributed by atoms with Crippen molar-refractivity contribution in [2.45, 2.75) is 17.9 Å². The van der Waals surface area contributed by atoms with Crippen LogP contribution in [0.3, 0.4) is 0 Å². The van der Waals surface area contributed by atoms with Gasteiger partial charge in [0, 0.05) is 62.0 Å². The van der Waals surface area contributed by atoms with Crippen molar-refractivity contribution in [3.05, 3.63) is 72.1 Å². The molecular weight excluding hydrogens is 489 g/mol. The first-order valence-electron chi connectivity index (χ1n) is 11.1. The summed E-state index contributed by atoms with van der Waals surface area (Å²) in [5, 5.41) is 2.79. The monoisotopic (exact) mass is 515 g/mol. The maximum absolute atomic E-state index is 13.5.